The number of halogens is 3. The van der Waals surface area contributed by atoms with Crippen LogP contribution in [-0.2, 0) is 4.74 Å². The van der Waals surface area contributed by atoms with Gasteiger partial charge in [0.05, 0.1) is 15.6 Å². The molecule has 0 saturated carbocycles. The second-order valence-corrected chi connectivity index (χ2v) is 5.39. The van der Waals surface area contributed by atoms with Crippen molar-refractivity contribution in [1.82, 2.24) is 0 Å². The molecule has 2 aromatic carbocycles. The number of carbonyl (C=O) groups is 2. The van der Waals surface area contributed by atoms with Gasteiger partial charge in [-0.05, 0) is 42.5 Å². The molecule has 6 heteroatoms. The van der Waals surface area contributed by atoms with Gasteiger partial charge in [-0.3, -0.25) is 4.79 Å². The van der Waals surface area contributed by atoms with Crippen LogP contribution in [0.1, 0.15) is 20.7 Å². The summed E-state index contributed by atoms with van der Waals surface area (Å²) in [6.07, 6.45) is 0. The van der Waals surface area contributed by atoms with Gasteiger partial charge in [0.1, 0.15) is 0 Å². The lowest BCUT2D eigenvalue weighted by Crippen LogP contribution is -2.14. The van der Waals surface area contributed by atoms with Crippen molar-refractivity contribution in [2.45, 2.75) is 0 Å². The monoisotopic (exact) mass is 342 g/mol. The van der Waals surface area contributed by atoms with Gasteiger partial charge in [0, 0.05) is 10.6 Å². The number of hydrogen-bond donors (Lipinski definition) is 0. The van der Waals surface area contributed by atoms with Crippen LogP contribution in [-0.4, -0.2) is 18.4 Å². The van der Waals surface area contributed by atoms with Gasteiger partial charge in [-0.2, -0.15) is 0 Å². The number of rotatable bonds is 4. The molecule has 0 fully saturated rings. The Kier molecular flexibility index (Phi) is 5.23. The van der Waals surface area contributed by atoms with E-state index in [0.29, 0.717) is 21.2 Å². The maximum atomic E-state index is 11.9. The highest BCUT2D eigenvalue weighted by Crippen LogP contribution is 2.22. The van der Waals surface area contributed by atoms with Crippen molar-refractivity contribution >= 4 is 46.6 Å². The van der Waals surface area contributed by atoms with E-state index in [1.54, 1.807) is 12.1 Å². The molecule has 0 bridgehead atoms. The minimum Gasteiger partial charge on any atom is -0.454 e. The van der Waals surface area contributed by atoms with Crippen molar-refractivity contribution in [3.63, 3.8) is 0 Å². The summed E-state index contributed by atoms with van der Waals surface area (Å²) in [7, 11) is 0. The van der Waals surface area contributed by atoms with Gasteiger partial charge >= 0.3 is 5.97 Å². The van der Waals surface area contributed by atoms with Gasteiger partial charge < -0.3 is 4.74 Å². The third-order valence-corrected chi connectivity index (χ3v) is 3.65. The molecule has 21 heavy (non-hydrogen) atoms. The SMILES string of the molecule is O=C(COC(=O)c1ccc(Cl)cc1)c1ccc(Cl)c(Cl)c1. The minimum atomic E-state index is -0.597. The zero-order valence-electron chi connectivity index (χ0n) is 10.6. The zero-order valence-corrected chi connectivity index (χ0v) is 12.9. The Bertz CT molecular complexity index is 681. The lowest BCUT2D eigenvalue weighted by Gasteiger charge is -2.05. The first kappa shape index (κ1) is 15.8. The first-order chi connectivity index (χ1) is 9.97. The third kappa shape index (κ3) is 4.21. The van der Waals surface area contributed by atoms with E-state index in [4.69, 9.17) is 39.5 Å². The van der Waals surface area contributed by atoms with Crippen LogP contribution < -0.4 is 0 Å². The summed E-state index contributed by atoms with van der Waals surface area (Å²) >= 11 is 17.3. The number of benzene rings is 2. The summed E-state index contributed by atoms with van der Waals surface area (Å²) in [6, 6.07) is 10.6. The van der Waals surface area contributed by atoms with Crippen LogP contribution in [0.3, 0.4) is 0 Å². The van der Waals surface area contributed by atoms with Crippen LogP contribution in [0, 0.1) is 0 Å². The molecule has 2 aromatic rings. The largest absolute Gasteiger partial charge is 0.454 e. The average Bonchev–Trinajstić information content (AvgIpc) is 2.48. The number of Topliss-reactive ketones (excluding diaryl/α,β-unsaturated/α-hetero) is 1. The summed E-state index contributed by atoms with van der Waals surface area (Å²) < 4.78 is 4.95. The molecule has 0 aliphatic carbocycles. The fourth-order valence-corrected chi connectivity index (χ4v) is 1.98. The molecule has 0 heterocycles. The van der Waals surface area contributed by atoms with Crippen LogP contribution in [0.4, 0.5) is 0 Å². The second kappa shape index (κ2) is 6.94. The van der Waals surface area contributed by atoms with E-state index in [2.05, 4.69) is 0 Å². The number of carbonyl (C=O) groups excluding carboxylic acids is 2. The fourth-order valence-electron chi connectivity index (χ4n) is 1.55. The molecule has 3 nitrogen and oxygen atoms in total. The second-order valence-electron chi connectivity index (χ2n) is 4.14. The van der Waals surface area contributed by atoms with Crippen LogP contribution in [0.5, 0.6) is 0 Å². The lowest BCUT2D eigenvalue weighted by atomic mass is 10.1. The predicted molar refractivity (Wildman–Crippen MR) is 82.5 cm³/mol. The molecule has 0 aliphatic rings. The molecule has 0 unspecified atom stereocenters. The number of hydrogen-bond acceptors (Lipinski definition) is 3. The van der Waals surface area contributed by atoms with E-state index in [-0.39, 0.29) is 17.4 Å². The summed E-state index contributed by atoms with van der Waals surface area (Å²) in [6.45, 7) is -0.376. The molecule has 2 rings (SSSR count). The van der Waals surface area contributed by atoms with Gasteiger partial charge in [0.2, 0.25) is 0 Å². The molecular formula is C15H9Cl3O3. The first-order valence-electron chi connectivity index (χ1n) is 5.88. The van der Waals surface area contributed by atoms with Crippen molar-refractivity contribution in [3.8, 4) is 0 Å². The Morgan fingerprint density at radius 1 is 0.857 bits per heavy atom. The van der Waals surface area contributed by atoms with E-state index in [9.17, 15) is 9.59 Å². The van der Waals surface area contributed by atoms with Gasteiger partial charge in [-0.25, -0.2) is 4.79 Å². The minimum absolute atomic E-state index is 0.270. The highest BCUT2D eigenvalue weighted by atomic mass is 35.5. The smallest absolute Gasteiger partial charge is 0.338 e. The van der Waals surface area contributed by atoms with Crippen molar-refractivity contribution in [2.24, 2.45) is 0 Å². The quantitative estimate of drug-likeness (QED) is 0.597. The van der Waals surface area contributed by atoms with E-state index >= 15 is 0 Å². The Labute approximate surface area is 136 Å². The lowest BCUT2D eigenvalue weighted by molar-refractivity contribution is 0.0475. The molecule has 0 saturated heterocycles. The van der Waals surface area contributed by atoms with E-state index in [1.165, 1.54) is 30.3 Å². The normalized spacial score (nSPS) is 10.2. The Hall–Kier alpha value is -1.55. The number of ketones is 1. The summed E-state index contributed by atoms with van der Waals surface area (Å²) in [4.78, 5) is 23.6. The third-order valence-electron chi connectivity index (χ3n) is 2.66. The van der Waals surface area contributed by atoms with Crippen LogP contribution in [0.25, 0.3) is 0 Å². The highest BCUT2D eigenvalue weighted by Gasteiger charge is 2.12. The molecule has 0 aromatic heterocycles. The molecular weight excluding hydrogens is 335 g/mol. The van der Waals surface area contributed by atoms with Crippen molar-refractivity contribution in [3.05, 3.63) is 68.7 Å². The predicted octanol–water partition coefficient (Wildman–Crippen LogP) is 4.69. The maximum Gasteiger partial charge on any atom is 0.338 e. The molecule has 0 aliphatic heterocycles. The Balaban J connectivity index is 1.98. The number of ether oxygens (including phenoxy) is 1. The van der Waals surface area contributed by atoms with E-state index in [0.717, 1.165) is 0 Å². The van der Waals surface area contributed by atoms with Gasteiger partial charge in [0.25, 0.3) is 0 Å². The van der Waals surface area contributed by atoms with Crippen LogP contribution >= 0.6 is 34.8 Å². The average molecular weight is 344 g/mol. The van der Waals surface area contributed by atoms with Crippen molar-refractivity contribution in [1.29, 1.82) is 0 Å². The molecule has 0 amide bonds. The Morgan fingerprint density at radius 2 is 1.48 bits per heavy atom. The van der Waals surface area contributed by atoms with E-state index in [1.807, 2.05) is 0 Å². The maximum absolute atomic E-state index is 11.9. The summed E-state index contributed by atoms with van der Waals surface area (Å²) in [5, 5.41) is 1.14. The van der Waals surface area contributed by atoms with Gasteiger partial charge in [-0.15, -0.1) is 0 Å². The highest BCUT2D eigenvalue weighted by molar-refractivity contribution is 6.42. The summed E-state index contributed by atoms with van der Waals surface area (Å²) in [5.41, 5.74) is 0.648. The van der Waals surface area contributed by atoms with Crippen molar-refractivity contribution < 1.29 is 14.3 Å². The van der Waals surface area contributed by atoms with Crippen LogP contribution in [0.15, 0.2) is 42.5 Å². The molecule has 0 radical (unpaired) electrons. The topological polar surface area (TPSA) is 43.4 Å². The van der Waals surface area contributed by atoms with Gasteiger partial charge in [0.15, 0.2) is 12.4 Å². The van der Waals surface area contributed by atoms with Crippen molar-refractivity contribution in [2.75, 3.05) is 6.61 Å². The molecule has 0 N–H and O–H groups in total. The Morgan fingerprint density at radius 3 is 2.10 bits per heavy atom. The standard InChI is InChI=1S/C15H9Cl3O3/c16-11-4-1-9(2-5-11)15(20)21-8-14(19)10-3-6-12(17)13(18)7-10/h1-7H,8H2. The fraction of sp³-hybridized carbons (Fsp3) is 0.0667. The molecule has 0 spiro atoms. The van der Waals surface area contributed by atoms with E-state index < -0.39 is 5.97 Å². The molecule has 108 valence electrons. The molecule has 0 atom stereocenters. The van der Waals surface area contributed by atoms with Crippen LogP contribution in [0.2, 0.25) is 15.1 Å². The summed E-state index contributed by atoms with van der Waals surface area (Å²) in [5.74, 6) is -0.962. The van der Waals surface area contributed by atoms with Gasteiger partial charge in [-0.1, -0.05) is 34.8 Å². The number of esters is 1. The first-order valence-corrected chi connectivity index (χ1v) is 7.01. The zero-order chi connectivity index (χ0) is 15.4.